The van der Waals surface area contributed by atoms with Crippen molar-refractivity contribution in [1.29, 1.82) is 0 Å². The van der Waals surface area contributed by atoms with E-state index in [-0.39, 0.29) is 23.5 Å². The van der Waals surface area contributed by atoms with Crippen LogP contribution in [0.2, 0.25) is 0 Å². The van der Waals surface area contributed by atoms with E-state index < -0.39 is 51.8 Å². The van der Waals surface area contributed by atoms with Crippen LogP contribution in [0.1, 0.15) is 49.7 Å². The molecule has 2 aliphatic carbocycles. The first-order chi connectivity index (χ1) is 14.0. The maximum Gasteiger partial charge on any atom is 0.228 e. The molecular weight excluding hydrogens is 446 g/mol. The Bertz CT molecular complexity index is 992. The van der Waals surface area contributed by atoms with Gasteiger partial charge in [0.15, 0.2) is 23.3 Å². The fourth-order valence-corrected chi connectivity index (χ4v) is 3.80. The summed E-state index contributed by atoms with van der Waals surface area (Å²) < 4.78 is 78.0. The van der Waals surface area contributed by atoms with Crippen LogP contribution in [0.25, 0.3) is 0 Å². The molecule has 1 amide bonds. The molecule has 0 unspecified atom stereocenters. The lowest BCUT2D eigenvalue weighted by molar-refractivity contribution is -0.126. The van der Waals surface area contributed by atoms with Gasteiger partial charge in [0.25, 0.3) is 0 Å². The number of primary amides is 1. The number of benzene rings is 2. The zero-order valence-corrected chi connectivity index (χ0v) is 17.1. The second kappa shape index (κ2) is 9.08. The summed E-state index contributed by atoms with van der Waals surface area (Å²) in [6.07, 6.45) is 3.62. The number of carbonyl (C=O) groups excluding carboxylic acids is 1. The number of carbonyl (C=O) groups is 1. The van der Waals surface area contributed by atoms with Gasteiger partial charge in [-0.3, -0.25) is 4.79 Å². The van der Waals surface area contributed by atoms with Crippen LogP contribution in [0.3, 0.4) is 0 Å². The van der Waals surface area contributed by atoms with Gasteiger partial charge in [-0.15, -0.1) is 12.4 Å². The van der Waals surface area contributed by atoms with E-state index in [0.29, 0.717) is 37.8 Å². The fraction of sp³-hybridized carbons (Fsp3) is 0.381. The van der Waals surface area contributed by atoms with Crippen LogP contribution in [-0.2, 0) is 15.7 Å². The van der Waals surface area contributed by atoms with Gasteiger partial charge in [-0.1, -0.05) is 6.42 Å². The van der Waals surface area contributed by atoms with E-state index in [9.17, 15) is 31.1 Å². The molecule has 2 aromatic carbocycles. The second-order valence-electron chi connectivity index (χ2n) is 7.80. The summed E-state index contributed by atoms with van der Waals surface area (Å²) in [6.45, 7) is 0. The van der Waals surface area contributed by atoms with Crippen LogP contribution in [0, 0.1) is 34.9 Å². The van der Waals surface area contributed by atoms with Crippen LogP contribution in [0.5, 0.6) is 0 Å². The van der Waals surface area contributed by atoms with Crippen molar-refractivity contribution in [2.75, 3.05) is 0 Å². The predicted octanol–water partition coefficient (Wildman–Crippen LogP) is 4.87. The molecule has 31 heavy (non-hydrogen) atoms. The number of rotatable bonds is 3. The number of hydrogen-bond donors (Lipinski definition) is 2. The Morgan fingerprint density at radius 1 is 0.677 bits per heavy atom. The molecule has 0 aromatic heterocycles. The highest BCUT2D eigenvalue weighted by molar-refractivity contribution is 5.87. The quantitative estimate of drug-likeness (QED) is 0.500. The normalized spacial score (nSPS) is 17.9. The third-order valence-corrected chi connectivity index (χ3v) is 6.00. The van der Waals surface area contributed by atoms with Gasteiger partial charge in [-0.2, -0.15) is 0 Å². The van der Waals surface area contributed by atoms with E-state index in [1.165, 1.54) is 0 Å². The molecule has 4 rings (SSSR count). The third kappa shape index (κ3) is 4.52. The summed E-state index contributed by atoms with van der Waals surface area (Å²) in [7, 11) is 0. The number of halogens is 7. The summed E-state index contributed by atoms with van der Waals surface area (Å²) >= 11 is 0. The summed E-state index contributed by atoms with van der Waals surface area (Å²) in [5.74, 6) is -7.01. The Morgan fingerprint density at radius 3 is 1.42 bits per heavy atom. The Balaban J connectivity index is 0.000000215. The molecule has 4 N–H and O–H groups in total. The van der Waals surface area contributed by atoms with Crippen molar-refractivity contribution in [3.05, 3.63) is 70.3 Å². The topological polar surface area (TPSA) is 69.1 Å². The third-order valence-electron chi connectivity index (χ3n) is 6.00. The fourth-order valence-electron chi connectivity index (χ4n) is 3.80. The molecule has 2 fully saturated rings. The van der Waals surface area contributed by atoms with E-state index in [1.807, 2.05) is 0 Å². The van der Waals surface area contributed by atoms with Crippen molar-refractivity contribution in [2.45, 2.75) is 49.5 Å². The van der Waals surface area contributed by atoms with Gasteiger partial charge >= 0.3 is 0 Å². The maximum absolute atomic E-state index is 13.5. The zero-order chi connectivity index (χ0) is 22.3. The van der Waals surface area contributed by atoms with Crippen molar-refractivity contribution in [3.63, 3.8) is 0 Å². The highest BCUT2D eigenvalue weighted by Gasteiger charge is 2.46. The SMILES string of the molecule is Cl.NC(=O)C1(c2cc(F)c(F)cc2F)CCC1.NC1(c2cc(F)c(F)cc2F)CCC1. The average Bonchev–Trinajstić information content (AvgIpc) is 2.60. The molecule has 2 aliphatic rings. The van der Waals surface area contributed by atoms with E-state index in [0.717, 1.165) is 25.0 Å². The molecule has 0 aliphatic heterocycles. The Labute approximate surface area is 181 Å². The summed E-state index contributed by atoms with van der Waals surface area (Å²) in [4.78, 5) is 11.3. The molecule has 10 heteroatoms. The first-order valence-electron chi connectivity index (χ1n) is 9.39. The molecule has 3 nitrogen and oxygen atoms in total. The molecule has 0 spiro atoms. The minimum absolute atomic E-state index is 0. The van der Waals surface area contributed by atoms with Crippen LogP contribution in [-0.4, -0.2) is 5.91 Å². The average molecular weight is 467 g/mol. The molecular formula is C21H21ClF6N2O. The molecule has 0 radical (unpaired) electrons. The van der Waals surface area contributed by atoms with Gasteiger partial charge in [0.05, 0.1) is 5.41 Å². The van der Waals surface area contributed by atoms with E-state index in [4.69, 9.17) is 11.5 Å². The van der Waals surface area contributed by atoms with Crippen LogP contribution < -0.4 is 11.5 Å². The minimum atomic E-state index is -1.26. The van der Waals surface area contributed by atoms with Crippen LogP contribution in [0.15, 0.2) is 24.3 Å². The number of hydrogen-bond acceptors (Lipinski definition) is 2. The molecule has 0 atom stereocenters. The lowest BCUT2D eigenvalue weighted by Crippen LogP contribution is -2.47. The van der Waals surface area contributed by atoms with E-state index in [2.05, 4.69) is 0 Å². The predicted molar refractivity (Wildman–Crippen MR) is 104 cm³/mol. The Kier molecular flexibility index (Phi) is 7.32. The van der Waals surface area contributed by atoms with Crippen molar-refractivity contribution in [3.8, 4) is 0 Å². The zero-order valence-electron chi connectivity index (χ0n) is 16.3. The smallest absolute Gasteiger partial charge is 0.228 e. The van der Waals surface area contributed by atoms with Gasteiger partial charge in [-0.25, -0.2) is 26.3 Å². The van der Waals surface area contributed by atoms with Crippen LogP contribution in [0.4, 0.5) is 26.3 Å². The monoisotopic (exact) mass is 466 g/mol. The lowest BCUT2D eigenvalue weighted by atomic mass is 9.64. The summed E-state index contributed by atoms with van der Waals surface area (Å²) in [5, 5.41) is 0. The van der Waals surface area contributed by atoms with Crippen molar-refractivity contribution >= 4 is 18.3 Å². The van der Waals surface area contributed by atoms with Crippen molar-refractivity contribution < 1.29 is 31.1 Å². The molecule has 170 valence electrons. The van der Waals surface area contributed by atoms with Gasteiger partial charge in [-0.05, 0) is 44.2 Å². The Hall–Kier alpha value is -2.26. The highest BCUT2D eigenvalue weighted by Crippen LogP contribution is 2.45. The van der Waals surface area contributed by atoms with Gasteiger partial charge in [0.2, 0.25) is 5.91 Å². The standard InChI is InChI=1S/C11H10F3NO.C10H10F3N.ClH/c12-7-5-9(14)8(13)4-6(7)11(10(15)16)2-1-3-11;11-7-5-9(13)8(12)4-6(7)10(14)2-1-3-10;/h4-5H,1-3H2,(H2,15,16);4-5H,1-3,14H2;1H. The van der Waals surface area contributed by atoms with Gasteiger partial charge < -0.3 is 11.5 Å². The Morgan fingerprint density at radius 2 is 1.06 bits per heavy atom. The maximum atomic E-state index is 13.5. The molecule has 2 aromatic rings. The molecule has 2 saturated carbocycles. The van der Waals surface area contributed by atoms with Crippen molar-refractivity contribution in [2.24, 2.45) is 11.5 Å². The summed E-state index contributed by atoms with van der Waals surface area (Å²) in [6, 6.07) is 2.60. The van der Waals surface area contributed by atoms with E-state index >= 15 is 0 Å². The second-order valence-corrected chi connectivity index (χ2v) is 7.80. The molecule has 0 bridgehead atoms. The first kappa shape index (κ1) is 25.0. The molecule has 0 heterocycles. The summed E-state index contributed by atoms with van der Waals surface area (Å²) in [5.41, 5.74) is 9.02. The number of nitrogens with two attached hydrogens (primary N) is 2. The van der Waals surface area contributed by atoms with Gasteiger partial charge in [0.1, 0.15) is 11.6 Å². The van der Waals surface area contributed by atoms with E-state index in [1.54, 1.807) is 0 Å². The number of amides is 1. The lowest BCUT2D eigenvalue weighted by Gasteiger charge is -2.39. The van der Waals surface area contributed by atoms with Crippen LogP contribution >= 0.6 is 12.4 Å². The highest BCUT2D eigenvalue weighted by atomic mass is 35.5. The minimum Gasteiger partial charge on any atom is -0.369 e. The molecule has 0 saturated heterocycles. The first-order valence-corrected chi connectivity index (χ1v) is 9.39. The largest absolute Gasteiger partial charge is 0.369 e. The van der Waals surface area contributed by atoms with Crippen molar-refractivity contribution in [1.82, 2.24) is 0 Å². The van der Waals surface area contributed by atoms with Gasteiger partial charge in [0, 0.05) is 28.8 Å².